The normalized spacial score (nSPS) is 11.9. The van der Waals surface area contributed by atoms with Gasteiger partial charge in [-0.05, 0) is 47.1 Å². The average molecular weight is 475 g/mol. The third-order valence-electron chi connectivity index (χ3n) is 6.36. The number of carbonyl (C=O) groups excluding carboxylic acids is 1. The van der Waals surface area contributed by atoms with Crippen LogP contribution in [0.1, 0.15) is 46.3 Å². The molecule has 36 heavy (non-hydrogen) atoms. The summed E-state index contributed by atoms with van der Waals surface area (Å²) in [4.78, 5) is 24.5. The van der Waals surface area contributed by atoms with Crippen molar-refractivity contribution in [3.05, 3.63) is 131 Å². The first-order valence-corrected chi connectivity index (χ1v) is 12.3. The molecule has 0 heterocycles. The summed E-state index contributed by atoms with van der Waals surface area (Å²) < 4.78 is 0. The number of hydrogen-bond donors (Lipinski definition) is 1. The minimum Gasteiger partial charge on any atom is -0.481 e. The number of carbonyl (C=O) groups is 2. The number of benzene rings is 4. The Balaban J connectivity index is 1.33. The summed E-state index contributed by atoms with van der Waals surface area (Å²) in [6, 6.07) is 35.9. The highest BCUT2D eigenvalue weighted by atomic mass is 16.4. The van der Waals surface area contributed by atoms with Gasteiger partial charge in [0.25, 0.3) is 0 Å². The molecule has 0 spiro atoms. The molecule has 3 nitrogen and oxygen atoms in total. The molecule has 1 N–H and O–H groups in total. The molecule has 0 fully saturated rings. The smallest absolute Gasteiger partial charge is 0.306 e. The van der Waals surface area contributed by atoms with Crippen LogP contribution in [0.3, 0.4) is 0 Å². The van der Waals surface area contributed by atoms with Crippen LogP contribution < -0.4 is 0 Å². The van der Waals surface area contributed by atoms with Crippen molar-refractivity contribution in [3.63, 3.8) is 0 Å². The minimum absolute atomic E-state index is 0.0198. The molecule has 1 atom stereocenters. The summed E-state index contributed by atoms with van der Waals surface area (Å²) in [6.45, 7) is 0. The van der Waals surface area contributed by atoms with E-state index in [0.717, 1.165) is 35.1 Å². The maximum atomic E-state index is 12.8. The SMILES string of the molecule is O=C(CC(CCCc1ccccc1)C(=O)O)c1ccc(-c2ccc(C=Cc3ccccc3)cc2)cc1. The van der Waals surface area contributed by atoms with E-state index in [2.05, 4.69) is 48.6 Å². The maximum Gasteiger partial charge on any atom is 0.306 e. The summed E-state index contributed by atoms with van der Waals surface area (Å²) in [5.74, 6) is -1.71. The fourth-order valence-corrected chi connectivity index (χ4v) is 4.24. The van der Waals surface area contributed by atoms with Crippen molar-refractivity contribution in [3.8, 4) is 11.1 Å². The lowest BCUT2D eigenvalue weighted by atomic mass is 9.92. The molecule has 0 saturated carbocycles. The first kappa shape index (κ1) is 24.9. The highest BCUT2D eigenvalue weighted by molar-refractivity contribution is 5.98. The van der Waals surface area contributed by atoms with Crippen molar-refractivity contribution in [2.45, 2.75) is 25.7 Å². The zero-order chi connectivity index (χ0) is 25.2. The van der Waals surface area contributed by atoms with Gasteiger partial charge in [-0.2, -0.15) is 0 Å². The Bertz CT molecular complexity index is 1290. The van der Waals surface area contributed by atoms with E-state index in [1.165, 1.54) is 5.56 Å². The highest BCUT2D eigenvalue weighted by Gasteiger charge is 2.21. The molecule has 0 bridgehead atoms. The van der Waals surface area contributed by atoms with Crippen molar-refractivity contribution in [2.75, 3.05) is 0 Å². The number of aliphatic carboxylic acids is 1. The summed E-state index contributed by atoms with van der Waals surface area (Å²) in [5.41, 5.74) is 6.08. The molecule has 0 aromatic heterocycles. The Kier molecular flexibility index (Phi) is 8.61. The zero-order valence-electron chi connectivity index (χ0n) is 20.2. The molecule has 0 radical (unpaired) electrons. The number of ketones is 1. The summed E-state index contributed by atoms with van der Waals surface area (Å²) in [7, 11) is 0. The summed E-state index contributed by atoms with van der Waals surface area (Å²) in [5, 5.41) is 9.63. The van der Waals surface area contributed by atoms with Crippen molar-refractivity contribution < 1.29 is 14.7 Å². The van der Waals surface area contributed by atoms with Crippen LogP contribution in [-0.2, 0) is 11.2 Å². The third-order valence-corrected chi connectivity index (χ3v) is 6.36. The predicted octanol–water partition coefficient (Wildman–Crippen LogP) is 7.82. The Morgan fingerprint density at radius 2 is 1.19 bits per heavy atom. The van der Waals surface area contributed by atoms with E-state index in [4.69, 9.17) is 0 Å². The molecule has 1 unspecified atom stereocenters. The van der Waals surface area contributed by atoms with Gasteiger partial charge in [0.1, 0.15) is 0 Å². The molecule has 0 amide bonds. The molecular formula is C33H30O3. The number of aryl methyl sites for hydroxylation is 1. The molecule has 180 valence electrons. The van der Waals surface area contributed by atoms with E-state index < -0.39 is 11.9 Å². The number of carboxylic acids is 1. The van der Waals surface area contributed by atoms with Crippen molar-refractivity contribution >= 4 is 23.9 Å². The van der Waals surface area contributed by atoms with Crippen LogP contribution in [0.5, 0.6) is 0 Å². The topological polar surface area (TPSA) is 54.4 Å². The number of Topliss-reactive ketones (excluding diaryl/α,β-unsaturated/α-hetero) is 1. The summed E-state index contributed by atoms with van der Waals surface area (Å²) >= 11 is 0. The van der Waals surface area contributed by atoms with Crippen molar-refractivity contribution in [1.82, 2.24) is 0 Å². The Morgan fingerprint density at radius 1 is 0.667 bits per heavy atom. The second-order valence-electron chi connectivity index (χ2n) is 8.98. The van der Waals surface area contributed by atoms with Gasteiger partial charge < -0.3 is 5.11 Å². The molecule has 0 saturated heterocycles. The van der Waals surface area contributed by atoms with Gasteiger partial charge in [-0.1, -0.05) is 121 Å². The van der Waals surface area contributed by atoms with Gasteiger partial charge in [0.15, 0.2) is 5.78 Å². The first-order valence-electron chi connectivity index (χ1n) is 12.3. The second kappa shape index (κ2) is 12.5. The Morgan fingerprint density at radius 3 is 1.78 bits per heavy atom. The van der Waals surface area contributed by atoms with Crippen LogP contribution in [0.2, 0.25) is 0 Å². The van der Waals surface area contributed by atoms with Crippen molar-refractivity contribution in [1.29, 1.82) is 0 Å². The van der Waals surface area contributed by atoms with Crippen LogP contribution in [-0.4, -0.2) is 16.9 Å². The van der Waals surface area contributed by atoms with E-state index in [1.54, 1.807) is 12.1 Å². The quantitative estimate of drug-likeness (QED) is 0.178. The lowest BCUT2D eigenvalue weighted by Gasteiger charge is -2.12. The molecule has 4 rings (SSSR count). The van der Waals surface area contributed by atoms with Gasteiger partial charge in [-0.25, -0.2) is 0 Å². The number of rotatable bonds is 11. The Hall–Kier alpha value is -4.24. The standard InChI is InChI=1S/C33H30O3/c34-32(24-31(33(35)36)13-7-12-25-8-3-1-4-9-25)30-22-20-29(21-23-30)28-18-16-27(17-19-28)15-14-26-10-5-2-6-11-26/h1-6,8-11,14-23,31H,7,12-13,24H2,(H,35,36). The monoisotopic (exact) mass is 474 g/mol. The van der Waals surface area contributed by atoms with Crippen LogP contribution in [0.4, 0.5) is 0 Å². The number of carboxylic acid groups (broad SMARTS) is 1. The van der Waals surface area contributed by atoms with Crippen LogP contribution in [0, 0.1) is 5.92 Å². The molecule has 0 aliphatic heterocycles. The average Bonchev–Trinajstić information content (AvgIpc) is 2.93. The van der Waals surface area contributed by atoms with Crippen molar-refractivity contribution in [2.24, 2.45) is 5.92 Å². The van der Waals surface area contributed by atoms with E-state index in [9.17, 15) is 14.7 Å². The second-order valence-corrected chi connectivity index (χ2v) is 8.98. The predicted molar refractivity (Wildman–Crippen MR) is 147 cm³/mol. The van der Waals surface area contributed by atoms with E-state index in [0.29, 0.717) is 12.0 Å². The van der Waals surface area contributed by atoms with Gasteiger partial charge in [-0.3, -0.25) is 9.59 Å². The van der Waals surface area contributed by atoms with E-state index in [-0.39, 0.29) is 12.2 Å². The molecule has 0 aliphatic carbocycles. The van der Waals surface area contributed by atoms with Gasteiger partial charge in [0, 0.05) is 12.0 Å². The van der Waals surface area contributed by atoms with Gasteiger partial charge in [0.05, 0.1) is 5.92 Å². The molecule has 3 heteroatoms. The van der Waals surface area contributed by atoms with E-state index in [1.807, 2.05) is 60.7 Å². The zero-order valence-corrected chi connectivity index (χ0v) is 20.2. The summed E-state index contributed by atoms with van der Waals surface area (Å²) in [6.07, 6.45) is 6.23. The largest absolute Gasteiger partial charge is 0.481 e. The lowest BCUT2D eigenvalue weighted by molar-refractivity contribution is -0.141. The van der Waals surface area contributed by atoms with Gasteiger partial charge in [-0.15, -0.1) is 0 Å². The molecule has 4 aromatic rings. The van der Waals surface area contributed by atoms with Crippen LogP contribution in [0.15, 0.2) is 109 Å². The molecular weight excluding hydrogens is 444 g/mol. The van der Waals surface area contributed by atoms with Crippen LogP contribution >= 0.6 is 0 Å². The van der Waals surface area contributed by atoms with Crippen LogP contribution in [0.25, 0.3) is 23.3 Å². The fraction of sp³-hybridized carbons (Fsp3) is 0.152. The first-order chi connectivity index (χ1) is 17.6. The Labute approximate surface area is 212 Å². The minimum atomic E-state index is -0.908. The lowest BCUT2D eigenvalue weighted by Crippen LogP contribution is -2.18. The number of hydrogen-bond acceptors (Lipinski definition) is 2. The molecule has 4 aromatic carbocycles. The van der Waals surface area contributed by atoms with E-state index >= 15 is 0 Å². The van der Waals surface area contributed by atoms with Gasteiger partial charge in [0.2, 0.25) is 0 Å². The molecule has 0 aliphatic rings. The fourth-order valence-electron chi connectivity index (χ4n) is 4.24. The highest BCUT2D eigenvalue weighted by Crippen LogP contribution is 2.23. The van der Waals surface area contributed by atoms with Gasteiger partial charge >= 0.3 is 5.97 Å². The third kappa shape index (κ3) is 7.13. The maximum absolute atomic E-state index is 12.8.